The Bertz CT molecular complexity index is 480. The summed E-state index contributed by atoms with van der Waals surface area (Å²) in [6.45, 7) is 6.91. The van der Waals surface area contributed by atoms with Gasteiger partial charge in [-0.15, -0.1) is 0 Å². The smallest absolute Gasteiger partial charge is 0.329 e. The van der Waals surface area contributed by atoms with E-state index in [2.05, 4.69) is 15.6 Å². The number of hydrogen-bond acceptors (Lipinski definition) is 4. The normalized spacial score (nSPS) is 12.8. The van der Waals surface area contributed by atoms with Gasteiger partial charge in [-0.1, -0.05) is 13.8 Å². The van der Waals surface area contributed by atoms with Crippen molar-refractivity contribution in [3.8, 4) is 0 Å². The Hall–Kier alpha value is -2.05. The molecule has 0 bridgehead atoms. The quantitative estimate of drug-likeness (QED) is 0.740. The summed E-state index contributed by atoms with van der Waals surface area (Å²) in [4.78, 5) is 27.2. The minimum absolute atomic E-state index is 0.304. The van der Waals surface area contributed by atoms with Crippen molar-refractivity contribution in [2.75, 3.05) is 0 Å². The predicted molar refractivity (Wildman–Crippen MR) is 72.3 cm³/mol. The van der Waals surface area contributed by atoms with E-state index in [1.54, 1.807) is 33.9 Å². The summed E-state index contributed by atoms with van der Waals surface area (Å²) in [6.07, 6.45) is 2.17. The third-order valence-electron chi connectivity index (χ3n) is 3.33. The van der Waals surface area contributed by atoms with Gasteiger partial charge in [0, 0.05) is 0 Å². The number of nitrogens with one attached hydrogen (secondary N) is 2. The summed E-state index contributed by atoms with van der Waals surface area (Å²) >= 11 is 0. The number of aryl methyl sites for hydroxylation is 1. The lowest BCUT2D eigenvalue weighted by Gasteiger charge is -2.28. The van der Waals surface area contributed by atoms with Crippen molar-refractivity contribution in [3.05, 3.63) is 17.8 Å². The molecule has 0 aliphatic rings. The molecule has 0 aliphatic heterocycles. The van der Waals surface area contributed by atoms with E-state index in [4.69, 9.17) is 4.42 Å². The second-order valence-corrected chi connectivity index (χ2v) is 4.72. The van der Waals surface area contributed by atoms with Crippen molar-refractivity contribution in [2.24, 2.45) is 0 Å². The van der Waals surface area contributed by atoms with Crippen molar-refractivity contribution in [2.45, 2.75) is 52.1 Å². The molecule has 1 aromatic heterocycles. The average molecular weight is 283 g/mol. The molecule has 1 rings (SSSR count). The van der Waals surface area contributed by atoms with Crippen LogP contribution in [0.4, 0.5) is 4.79 Å². The van der Waals surface area contributed by atoms with Crippen molar-refractivity contribution >= 4 is 12.0 Å². The number of nitrogens with zero attached hydrogens (tertiary/aromatic N) is 1. The standard InChI is InChI=1S/C13H21N3O4/c1-5-13(6-2,11(17)18)16-12(19)15-9(4)10-14-7-8(3)20-10/h7,9H,5-6H2,1-4H3,(H,17,18)(H2,15,16,19). The Morgan fingerprint density at radius 2 is 2.05 bits per heavy atom. The number of hydrogen-bond donors (Lipinski definition) is 3. The van der Waals surface area contributed by atoms with Gasteiger partial charge in [-0.25, -0.2) is 14.6 Å². The van der Waals surface area contributed by atoms with Gasteiger partial charge in [0.25, 0.3) is 0 Å². The Morgan fingerprint density at radius 3 is 2.45 bits per heavy atom. The van der Waals surface area contributed by atoms with Gasteiger partial charge in [0.1, 0.15) is 17.3 Å². The van der Waals surface area contributed by atoms with E-state index in [9.17, 15) is 14.7 Å². The van der Waals surface area contributed by atoms with E-state index in [0.29, 0.717) is 24.5 Å². The number of carboxylic acid groups (broad SMARTS) is 1. The zero-order valence-electron chi connectivity index (χ0n) is 12.2. The molecule has 1 aromatic rings. The summed E-state index contributed by atoms with van der Waals surface area (Å²) in [6, 6.07) is -0.997. The van der Waals surface area contributed by atoms with Crippen LogP contribution in [0, 0.1) is 6.92 Å². The minimum atomic E-state index is -1.25. The molecule has 0 saturated carbocycles. The number of carboxylic acids is 1. The number of carbonyl (C=O) groups is 2. The van der Waals surface area contributed by atoms with Gasteiger partial charge >= 0.3 is 12.0 Å². The van der Waals surface area contributed by atoms with Crippen molar-refractivity contribution in [1.82, 2.24) is 15.6 Å². The average Bonchev–Trinajstić information content (AvgIpc) is 2.82. The molecule has 0 radical (unpaired) electrons. The predicted octanol–water partition coefficient (Wildman–Crippen LogP) is 1.99. The Labute approximate surface area is 117 Å². The maximum atomic E-state index is 11.9. The van der Waals surface area contributed by atoms with Crippen LogP contribution >= 0.6 is 0 Å². The number of rotatable bonds is 6. The van der Waals surface area contributed by atoms with Gasteiger partial charge in [-0.2, -0.15) is 0 Å². The molecule has 7 heteroatoms. The third-order valence-corrected chi connectivity index (χ3v) is 3.33. The van der Waals surface area contributed by atoms with E-state index in [1.807, 2.05) is 0 Å². The van der Waals surface area contributed by atoms with Crippen LogP contribution in [0.15, 0.2) is 10.6 Å². The van der Waals surface area contributed by atoms with Crippen LogP contribution in [0.5, 0.6) is 0 Å². The lowest BCUT2D eigenvalue weighted by atomic mass is 9.93. The molecule has 0 saturated heterocycles. The fraction of sp³-hybridized carbons (Fsp3) is 0.615. The van der Waals surface area contributed by atoms with E-state index in [-0.39, 0.29) is 0 Å². The third kappa shape index (κ3) is 3.49. The number of aliphatic carboxylic acids is 1. The van der Waals surface area contributed by atoms with Crippen LogP contribution in [-0.4, -0.2) is 27.6 Å². The van der Waals surface area contributed by atoms with Crippen LogP contribution in [-0.2, 0) is 4.79 Å². The molecule has 0 aromatic carbocycles. The minimum Gasteiger partial charge on any atom is -0.480 e. The molecule has 20 heavy (non-hydrogen) atoms. The Balaban J connectivity index is 2.69. The Morgan fingerprint density at radius 1 is 1.45 bits per heavy atom. The number of carbonyl (C=O) groups excluding carboxylic acids is 1. The fourth-order valence-electron chi connectivity index (χ4n) is 1.87. The molecule has 1 unspecified atom stereocenters. The van der Waals surface area contributed by atoms with Crippen LogP contribution in [0.3, 0.4) is 0 Å². The molecular formula is C13H21N3O4. The van der Waals surface area contributed by atoms with Gasteiger partial charge in [0.2, 0.25) is 5.89 Å². The number of urea groups is 1. The lowest BCUT2D eigenvalue weighted by Crippen LogP contribution is -2.56. The summed E-state index contributed by atoms with van der Waals surface area (Å²) in [7, 11) is 0. The topological polar surface area (TPSA) is 104 Å². The molecule has 0 fully saturated rings. The van der Waals surface area contributed by atoms with E-state index < -0.39 is 23.6 Å². The zero-order chi connectivity index (χ0) is 15.3. The monoisotopic (exact) mass is 283 g/mol. The fourth-order valence-corrected chi connectivity index (χ4v) is 1.87. The molecule has 1 heterocycles. The van der Waals surface area contributed by atoms with Gasteiger partial charge in [0.15, 0.2) is 0 Å². The Kier molecular flexibility index (Phi) is 5.12. The molecule has 2 amide bonds. The van der Waals surface area contributed by atoms with Crippen molar-refractivity contribution in [1.29, 1.82) is 0 Å². The van der Waals surface area contributed by atoms with Gasteiger partial charge in [-0.05, 0) is 26.7 Å². The van der Waals surface area contributed by atoms with E-state index >= 15 is 0 Å². The molecule has 7 nitrogen and oxygen atoms in total. The maximum Gasteiger partial charge on any atom is 0.329 e. The number of amides is 2. The largest absolute Gasteiger partial charge is 0.480 e. The van der Waals surface area contributed by atoms with Crippen molar-refractivity contribution in [3.63, 3.8) is 0 Å². The van der Waals surface area contributed by atoms with E-state index in [1.165, 1.54) is 0 Å². The maximum absolute atomic E-state index is 11.9. The highest BCUT2D eigenvalue weighted by Gasteiger charge is 2.36. The van der Waals surface area contributed by atoms with Crippen LogP contribution in [0.1, 0.15) is 51.3 Å². The zero-order valence-corrected chi connectivity index (χ0v) is 12.2. The lowest BCUT2D eigenvalue weighted by molar-refractivity contribution is -0.144. The number of aromatic nitrogens is 1. The van der Waals surface area contributed by atoms with Gasteiger partial charge < -0.3 is 20.2 Å². The summed E-state index contributed by atoms with van der Waals surface area (Å²) in [5.41, 5.74) is -1.25. The first-order valence-corrected chi connectivity index (χ1v) is 6.59. The van der Waals surface area contributed by atoms with Crippen LogP contribution in [0.25, 0.3) is 0 Å². The molecule has 3 N–H and O–H groups in total. The first-order chi connectivity index (χ1) is 9.34. The summed E-state index contributed by atoms with van der Waals surface area (Å²) < 4.78 is 5.31. The molecule has 112 valence electrons. The van der Waals surface area contributed by atoms with Crippen molar-refractivity contribution < 1.29 is 19.1 Å². The van der Waals surface area contributed by atoms with Gasteiger partial charge in [-0.3, -0.25) is 0 Å². The highest BCUT2D eigenvalue weighted by atomic mass is 16.4. The van der Waals surface area contributed by atoms with Crippen LogP contribution < -0.4 is 10.6 Å². The first kappa shape index (κ1) is 16.0. The van der Waals surface area contributed by atoms with E-state index in [0.717, 1.165) is 0 Å². The second kappa shape index (κ2) is 6.40. The first-order valence-electron chi connectivity index (χ1n) is 6.59. The summed E-state index contributed by atoms with van der Waals surface area (Å²) in [5, 5.41) is 14.4. The number of oxazole rings is 1. The second-order valence-electron chi connectivity index (χ2n) is 4.72. The SMILES string of the molecule is CCC(CC)(NC(=O)NC(C)c1ncc(C)o1)C(=O)O. The molecular weight excluding hydrogens is 262 g/mol. The summed E-state index contributed by atoms with van der Waals surface area (Å²) in [5.74, 6) is -0.0140. The van der Waals surface area contributed by atoms with Gasteiger partial charge in [0.05, 0.1) is 6.20 Å². The molecule has 1 atom stereocenters. The molecule has 0 aliphatic carbocycles. The molecule has 0 spiro atoms. The van der Waals surface area contributed by atoms with Crippen LogP contribution in [0.2, 0.25) is 0 Å². The highest BCUT2D eigenvalue weighted by Crippen LogP contribution is 2.16. The highest BCUT2D eigenvalue weighted by molar-refractivity contribution is 5.86.